The third-order valence-corrected chi connectivity index (χ3v) is 2.68. The highest BCUT2D eigenvalue weighted by molar-refractivity contribution is 5.75. The van der Waals surface area contributed by atoms with E-state index in [9.17, 15) is 14.7 Å². The molecule has 0 fully saturated rings. The van der Waals surface area contributed by atoms with Gasteiger partial charge in [0.05, 0.1) is 12.7 Å². The minimum absolute atomic E-state index is 0.0643. The summed E-state index contributed by atoms with van der Waals surface area (Å²) in [6, 6.07) is 5.15. The largest absolute Gasteiger partial charge is 0.389 e. The van der Waals surface area contributed by atoms with Crippen LogP contribution >= 0.6 is 0 Å². The number of nitrogens with zero attached hydrogens (tertiary/aromatic N) is 3. The average Bonchev–Trinajstić information content (AvgIpc) is 2.74. The van der Waals surface area contributed by atoms with Crippen molar-refractivity contribution in [3.05, 3.63) is 34.9 Å². The first-order chi connectivity index (χ1) is 9.61. The summed E-state index contributed by atoms with van der Waals surface area (Å²) in [4.78, 5) is 23.6. The van der Waals surface area contributed by atoms with Gasteiger partial charge < -0.3 is 15.2 Å². The topological polar surface area (TPSA) is 97.9 Å². The maximum absolute atomic E-state index is 11.9. The summed E-state index contributed by atoms with van der Waals surface area (Å²) in [5, 5.41) is 15.9. The van der Waals surface area contributed by atoms with Crippen molar-refractivity contribution in [3.63, 3.8) is 0 Å². The summed E-state index contributed by atoms with van der Waals surface area (Å²) in [6.45, 7) is 0.00357. The van der Waals surface area contributed by atoms with Crippen molar-refractivity contribution in [2.45, 2.75) is 12.6 Å². The van der Waals surface area contributed by atoms with Crippen molar-refractivity contribution >= 4 is 11.6 Å². The molecule has 2 N–H and O–H groups in total. The zero-order valence-electron chi connectivity index (χ0n) is 11.0. The minimum Gasteiger partial charge on any atom is -0.389 e. The normalized spacial score (nSPS) is 12.5. The number of nitrogens with one attached hydrogen (secondary N) is 1. The second-order valence-electron chi connectivity index (χ2n) is 4.28. The number of pyridine rings is 1. The van der Waals surface area contributed by atoms with Crippen LogP contribution in [-0.4, -0.2) is 51.6 Å². The number of hydrogen-bond acceptors (Lipinski definition) is 5. The molecule has 0 aliphatic rings. The van der Waals surface area contributed by atoms with E-state index in [1.807, 2.05) is 0 Å². The number of rotatable bonds is 6. The zero-order valence-corrected chi connectivity index (χ0v) is 11.0. The van der Waals surface area contributed by atoms with Gasteiger partial charge in [0.1, 0.15) is 6.54 Å². The number of carbonyl (C=O) groups is 1. The molecule has 0 saturated heterocycles. The highest BCUT2D eigenvalue weighted by Crippen LogP contribution is 1.94. The molecule has 0 spiro atoms. The van der Waals surface area contributed by atoms with Crippen LogP contribution in [0.5, 0.6) is 0 Å². The molecule has 0 aliphatic carbocycles. The molecule has 2 heterocycles. The van der Waals surface area contributed by atoms with E-state index in [-0.39, 0.29) is 25.4 Å². The SMILES string of the molecule is COCC(O)CNC(=O)Cn1nc2ccccn2c1=O. The third-order valence-electron chi connectivity index (χ3n) is 2.68. The Balaban J connectivity index is 2.00. The number of methoxy groups -OCH3 is 1. The van der Waals surface area contributed by atoms with Crippen molar-refractivity contribution in [3.8, 4) is 0 Å². The second kappa shape index (κ2) is 6.31. The summed E-state index contributed by atoms with van der Waals surface area (Å²) in [5.74, 6) is -0.398. The fraction of sp³-hybridized carbons (Fsp3) is 0.417. The predicted molar refractivity (Wildman–Crippen MR) is 70.3 cm³/mol. The number of fused-ring (bicyclic) bond motifs is 1. The highest BCUT2D eigenvalue weighted by atomic mass is 16.5. The molecule has 0 aromatic carbocycles. The Labute approximate surface area is 114 Å². The van der Waals surface area contributed by atoms with Gasteiger partial charge in [0, 0.05) is 19.9 Å². The molecular weight excluding hydrogens is 264 g/mol. The van der Waals surface area contributed by atoms with E-state index >= 15 is 0 Å². The van der Waals surface area contributed by atoms with Gasteiger partial charge in [0.15, 0.2) is 5.65 Å². The lowest BCUT2D eigenvalue weighted by Gasteiger charge is -2.10. The lowest BCUT2D eigenvalue weighted by molar-refractivity contribution is -0.122. The van der Waals surface area contributed by atoms with Gasteiger partial charge in [-0.2, -0.15) is 0 Å². The van der Waals surface area contributed by atoms with Crippen LogP contribution in [0, 0.1) is 0 Å². The van der Waals surface area contributed by atoms with E-state index in [1.54, 1.807) is 24.4 Å². The minimum atomic E-state index is -0.776. The van der Waals surface area contributed by atoms with Crippen LogP contribution in [0.1, 0.15) is 0 Å². The Kier molecular flexibility index (Phi) is 4.49. The van der Waals surface area contributed by atoms with Crippen LogP contribution in [0.15, 0.2) is 29.2 Å². The first-order valence-electron chi connectivity index (χ1n) is 6.09. The first-order valence-corrected chi connectivity index (χ1v) is 6.09. The molecule has 108 valence electrons. The molecule has 2 aromatic rings. The number of aliphatic hydroxyl groups excluding tert-OH is 1. The predicted octanol–water partition coefficient (Wildman–Crippen LogP) is -1.38. The first kappa shape index (κ1) is 14.2. The van der Waals surface area contributed by atoms with E-state index in [0.717, 1.165) is 4.68 Å². The standard InChI is InChI=1S/C12H16N4O4/c1-20-8-9(17)6-13-11(18)7-16-12(19)15-5-3-2-4-10(15)14-16/h2-5,9,17H,6-8H2,1H3,(H,13,18). The van der Waals surface area contributed by atoms with Crippen molar-refractivity contribution < 1.29 is 14.6 Å². The molecule has 1 unspecified atom stereocenters. The van der Waals surface area contributed by atoms with Crippen molar-refractivity contribution in [2.24, 2.45) is 0 Å². The van der Waals surface area contributed by atoms with E-state index in [0.29, 0.717) is 5.65 Å². The molecule has 8 nitrogen and oxygen atoms in total. The Morgan fingerprint density at radius 3 is 3.05 bits per heavy atom. The summed E-state index contributed by atoms with van der Waals surface area (Å²) in [5.41, 5.74) is 0.0953. The fourth-order valence-electron chi connectivity index (χ4n) is 1.75. The highest BCUT2D eigenvalue weighted by Gasteiger charge is 2.11. The van der Waals surface area contributed by atoms with E-state index in [1.165, 1.54) is 11.5 Å². The van der Waals surface area contributed by atoms with Crippen LogP contribution in [-0.2, 0) is 16.1 Å². The van der Waals surface area contributed by atoms with Gasteiger partial charge in [-0.3, -0.25) is 9.20 Å². The van der Waals surface area contributed by atoms with Crippen molar-refractivity contribution in [1.82, 2.24) is 19.5 Å². The number of hydrogen-bond donors (Lipinski definition) is 2. The van der Waals surface area contributed by atoms with Gasteiger partial charge in [-0.1, -0.05) is 6.07 Å². The van der Waals surface area contributed by atoms with E-state index < -0.39 is 12.0 Å². The molecule has 0 radical (unpaired) electrons. The van der Waals surface area contributed by atoms with Gasteiger partial charge in [0.25, 0.3) is 0 Å². The number of carbonyl (C=O) groups excluding carboxylic acids is 1. The average molecular weight is 280 g/mol. The smallest absolute Gasteiger partial charge is 0.350 e. The Morgan fingerprint density at radius 2 is 2.35 bits per heavy atom. The van der Waals surface area contributed by atoms with E-state index in [4.69, 9.17) is 4.74 Å². The number of ether oxygens (including phenoxy) is 1. The van der Waals surface area contributed by atoms with Crippen LogP contribution in [0.25, 0.3) is 5.65 Å². The maximum Gasteiger partial charge on any atom is 0.350 e. The number of aromatic nitrogens is 3. The molecule has 1 atom stereocenters. The summed E-state index contributed by atoms with van der Waals surface area (Å²) in [7, 11) is 1.46. The fourth-order valence-corrected chi connectivity index (χ4v) is 1.75. The lowest BCUT2D eigenvalue weighted by Crippen LogP contribution is -2.38. The van der Waals surface area contributed by atoms with Gasteiger partial charge in [-0.15, -0.1) is 5.10 Å². The van der Waals surface area contributed by atoms with Gasteiger partial charge in [-0.05, 0) is 12.1 Å². The Bertz CT molecular complexity index is 648. The van der Waals surface area contributed by atoms with Gasteiger partial charge in [0.2, 0.25) is 5.91 Å². The monoisotopic (exact) mass is 280 g/mol. The molecule has 2 aromatic heterocycles. The molecule has 0 aliphatic heterocycles. The van der Waals surface area contributed by atoms with Crippen molar-refractivity contribution in [2.75, 3.05) is 20.3 Å². The number of aliphatic hydroxyl groups is 1. The molecule has 1 amide bonds. The second-order valence-corrected chi connectivity index (χ2v) is 4.28. The van der Waals surface area contributed by atoms with Crippen molar-refractivity contribution in [1.29, 1.82) is 0 Å². The molecule has 0 saturated carbocycles. The quantitative estimate of drug-likeness (QED) is 0.679. The summed E-state index contributed by atoms with van der Waals surface area (Å²) < 4.78 is 7.17. The van der Waals surface area contributed by atoms with Gasteiger partial charge >= 0.3 is 5.69 Å². The van der Waals surface area contributed by atoms with Crippen LogP contribution in [0.2, 0.25) is 0 Å². The van der Waals surface area contributed by atoms with Crippen LogP contribution < -0.4 is 11.0 Å². The van der Waals surface area contributed by atoms with Gasteiger partial charge in [-0.25, -0.2) is 9.48 Å². The zero-order chi connectivity index (χ0) is 14.5. The van der Waals surface area contributed by atoms with Crippen LogP contribution in [0.4, 0.5) is 0 Å². The number of amides is 1. The van der Waals surface area contributed by atoms with Crippen LogP contribution in [0.3, 0.4) is 0 Å². The molecule has 20 heavy (non-hydrogen) atoms. The van der Waals surface area contributed by atoms with E-state index in [2.05, 4.69) is 10.4 Å². The lowest BCUT2D eigenvalue weighted by atomic mass is 10.4. The third kappa shape index (κ3) is 3.22. The molecule has 8 heteroatoms. The Hall–Kier alpha value is -2.19. The molecule has 0 bridgehead atoms. The summed E-state index contributed by atoms with van der Waals surface area (Å²) >= 11 is 0. The Morgan fingerprint density at radius 1 is 1.55 bits per heavy atom. The maximum atomic E-state index is 11.9. The molecular formula is C12H16N4O4. The molecule has 2 rings (SSSR count). The summed E-state index contributed by atoms with van der Waals surface area (Å²) in [6.07, 6.45) is 0.809.